The Morgan fingerprint density at radius 1 is 1.31 bits per heavy atom. The molecule has 0 aromatic heterocycles. The van der Waals surface area contributed by atoms with E-state index in [2.05, 4.69) is 10.1 Å². The summed E-state index contributed by atoms with van der Waals surface area (Å²) in [4.78, 5) is 11.0. The van der Waals surface area contributed by atoms with E-state index in [0.717, 1.165) is 6.42 Å². The minimum absolute atomic E-state index is 0.0948. The number of nitrogens with one attached hydrogen (secondary N) is 1. The summed E-state index contributed by atoms with van der Waals surface area (Å²) >= 11 is 0. The number of carbonyl (C=O) groups is 1. The molecule has 16 heavy (non-hydrogen) atoms. The zero-order valence-electron chi connectivity index (χ0n) is 8.98. The molecule has 0 aromatic carbocycles. The Balaban J connectivity index is 3.28. The first-order valence-electron chi connectivity index (χ1n) is 5.07. The highest BCUT2D eigenvalue weighted by atomic mass is 19.4. The molecule has 7 heteroatoms. The molecule has 1 amide bonds. The highest BCUT2D eigenvalue weighted by Gasteiger charge is 2.27. The van der Waals surface area contributed by atoms with Crippen LogP contribution in [-0.4, -0.2) is 38.4 Å². The van der Waals surface area contributed by atoms with Crippen molar-refractivity contribution in [2.24, 2.45) is 5.73 Å². The Hall–Kier alpha value is -0.820. The lowest BCUT2D eigenvalue weighted by atomic mass is 10.2. The molecular weight excluding hydrogens is 225 g/mol. The molecule has 0 saturated heterocycles. The van der Waals surface area contributed by atoms with Gasteiger partial charge in [-0.15, -0.1) is 0 Å². The average molecular weight is 242 g/mol. The fraction of sp³-hybridized carbons (Fsp3) is 0.889. The van der Waals surface area contributed by atoms with Crippen molar-refractivity contribution in [1.29, 1.82) is 0 Å². The highest BCUT2D eigenvalue weighted by Crippen LogP contribution is 2.13. The maximum Gasteiger partial charge on any atom is 0.411 e. The predicted molar refractivity (Wildman–Crippen MR) is 52.8 cm³/mol. The van der Waals surface area contributed by atoms with E-state index in [9.17, 15) is 18.0 Å². The van der Waals surface area contributed by atoms with Crippen LogP contribution >= 0.6 is 0 Å². The van der Waals surface area contributed by atoms with Gasteiger partial charge in [0.1, 0.15) is 6.61 Å². The summed E-state index contributed by atoms with van der Waals surface area (Å²) in [6, 6.07) is 0. The van der Waals surface area contributed by atoms with Crippen LogP contribution in [0.1, 0.15) is 19.3 Å². The third-order valence-corrected chi connectivity index (χ3v) is 1.69. The van der Waals surface area contributed by atoms with Gasteiger partial charge in [-0.1, -0.05) is 0 Å². The van der Waals surface area contributed by atoms with Gasteiger partial charge in [0.2, 0.25) is 5.91 Å². The Labute approximate surface area is 92.3 Å². The number of alkyl halides is 3. The van der Waals surface area contributed by atoms with Crippen molar-refractivity contribution in [2.75, 3.05) is 26.3 Å². The Morgan fingerprint density at radius 3 is 2.56 bits per heavy atom. The van der Waals surface area contributed by atoms with Crippen molar-refractivity contribution >= 4 is 5.91 Å². The molecular formula is C9H17F3N2O2. The van der Waals surface area contributed by atoms with Crippen LogP contribution in [0, 0.1) is 0 Å². The number of hydrogen-bond donors (Lipinski definition) is 2. The second kappa shape index (κ2) is 8.35. The molecule has 4 nitrogen and oxygen atoms in total. The van der Waals surface area contributed by atoms with Crippen LogP contribution in [0.5, 0.6) is 0 Å². The van der Waals surface area contributed by atoms with Gasteiger partial charge in [-0.3, -0.25) is 4.79 Å². The van der Waals surface area contributed by atoms with Crippen molar-refractivity contribution in [3.8, 4) is 0 Å². The summed E-state index contributed by atoms with van der Waals surface area (Å²) in [6.07, 6.45) is -2.52. The summed E-state index contributed by atoms with van der Waals surface area (Å²) < 4.78 is 39.2. The summed E-state index contributed by atoms with van der Waals surface area (Å²) in [6.45, 7) is -0.794. The summed E-state index contributed by atoms with van der Waals surface area (Å²) in [5.41, 5.74) is 5.24. The zero-order chi connectivity index (χ0) is 12.4. The molecule has 0 saturated carbocycles. The van der Waals surface area contributed by atoms with E-state index < -0.39 is 12.8 Å². The summed E-state index contributed by atoms with van der Waals surface area (Å²) in [5, 5.41) is 2.46. The van der Waals surface area contributed by atoms with Gasteiger partial charge in [0.15, 0.2) is 0 Å². The lowest BCUT2D eigenvalue weighted by Gasteiger charge is -2.08. The monoisotopic (exact) mass is 242 g/mol. The van der Waals surface area contributed by atoms with Gasteiger partial charge in [-0.25, -0.2) is 0 Å². The summed E-state index contributed by atoms with van der Waals surface area (Å²) in [5.74, 6) is -0.191. The predicted octanol–water partition coefficient (Wildman–Crippen LogP) is 0.810. The summed E-state index contributed by atoms with van der Waals surface area (Å²) in [7, 11) is 0. The van der Waals surface area contributed by atoms with Crippen LogP contribution in [0.3, 0.4) is 0 Å². The van der Waals surface area contributed by atoms with E-state index in [4.69, 9.17) is 5.73 Å². The second-order valence-corrected chi connectivity index (χ2v) is 3.26. The average Bonchev–Trinajstić information content (AvgIpc) is 2.16. The number of amides is 1. The van der Waals surface area contributed by atoms with Gasteiger partial charge >= 0.3 is 6.18 Å². The van der Waals surface area contributed by atoms with E-state index in [0.29, 0.717) is 19.4 Å². The Bertz CT molecular complexity index is 198. The van der Waals surface area contributed by atoms with Crippen molar-refractivity contribution in [2.45, 2.75) is 25.4 Å². The molecule has 0 bridgehead atoms. The lowest BCUT2D eigenvalue weighted by molar-refractivity contribution is -0.173. The van der Waals surface area contributed by atoms with Crippen LogP contribution in [-0.2, 0) is 9.53 Å². The lowest BCUT2D eigenvalue weighted by Crippen LogP contribution is -2.28. The van der Waals surface area contributed by atoms with Crippen LogP contribution in [0.2, 0.25) is 0 Å². The van der Waals surface area contributed by atoms with E-state index in [1.807, 2.05) is 0 Å². The van der Waals surface area contributed by atoms with Crippen molar-refractivity contribution in [1.82, 2.24) is 5.32 Å². The van der Waals surface area contributed by atoms with Crippen molar-refractivity contribution in [3.05, 3.63) is 0 Å². The van der Waals surface area contributed by atoms with Crippen LogP contribution in [0.4, 0.5) is 13.2 Å². The van der Waals surface area contributed by atoms with E-state index in [1.165, 1.54) is 0 Å². The SMILES string of the molecule is NCCCCC(=O)NCCOCC(F)(F)F. The quantitative estimate of drug-likeness (QED) is 0.619. The molecule has 0 atom stereocenters. The second-order valence-electron chi connectivity index (χ2n) is 3.26. The highest BCUT2D eigenvalue weighted by molar-refractivity contribution is 5.75. The van der Waals surface area contributed by atoms with Gasteiger partial charge < -0.3 is 15.8 Å². The molecule has 0 unspecified atom stereocenters. The minimum atomic E-state index is -4.31. The Morgan fingerprint density at radius 2 is 2.00 bits per heavy atom. The van der Waals surface area contributed by atoms with Crippen molar-refractivity contribution in [3.63, 3.8) is 0 Å². The minimum Gasteiger partial charge on any atom is -0.370 e. The van der Waals surface area contributed by atoms with Gasteiger partial charge in [-0.2, -0.15) is 13.2 Å². The molecule has 0 fully saturated rings. The first-order valence-corrected chi connectivity index (χ1v) is 5.07. The largest absolute Gasteiger partial charge is 0.411 e. The molecule has 3 N–H and O–H groups in total. The number of nitrogens with two attached hydrogens (primary N) is 1. The number of hydrogen-bond acceptors (Lipinski definition) is 3. The fourth-order valence-electron chi connectivity index (χ4n) is 0.969. The van der Waals surface area contributed by atoms with E-state index in [-0.39, 0.29) is 19.1 Å². The van der Waals surface area contributed by atoms with Gasteiger partial charge in [-0.05, 0) is 19.4 Å². The molecule has 0 heterocycles. The normalized spacial score (nSPS) is 11.5. The maximum atomic E-state index is 11.6. The third-order valence-electron chi connectivity index (χ3n) is 1.69. The van der Waals surface area contributed by atoms with Gasteiger partial charge in [0.05, 0.1) is 6.61 Å². The van der Waals surface area contributed by atoms with Gasteiger partial charge in [0.25, 0.3) is 0 Å². The van der Waals surface area contributed by atoms with Crippen LogP contribution in [0.15, 0.2) is 0 Å². The van der Waals surface area contributed by atoms with Crippen molar-refractivity contribution < 1.29 is 22.7 Å². The zero-order valence-corrected chi connectivity index (χ0v) is 8.98. The maximum absolute atomic E-state index is 11.6. The molecule has 0 aliphatic rings. The first kappa shape index (κ1) is 15.2. The standard InChI is InChI=1S/C9H17F3N2O2/c10-9(11,12)7-16-6-5-14-8(15)3-1-2-4-13/h1-7,13H2,(H,14,15). The fourth-order valence-corrected chi connectivity index (χ4v) is 0.969. The number of halogens is 3. The van der Waals surface area contributed by atoms with Crippen LogP contribution in [0.25, 0.3) is 0 Å². The molecule has 0 aliphatic carbocycles. The number of unbranched alkanes of at least 4 members (excludes halogenated alkanes) is 1. The molecule has 0 aromatic rings. The third kappa shape index (κ3) is 11.3. The molecule has 0 aliphatic heterocycles. The Kier molecular flexibility index (Phi) is 7.92. The number of ether oxygens (including phenoxy) is 1. The smallest absolute Gasteiger partial charge is 0.370 e. The molecule has 96 valence electrons. The number of carbonyl (C=O) groups excluding carboxylic acids is 1. The topological polar surface area (TPSA) is 64.4 Å². The molecule has 0 rings (SSSR count). The first-order chi connectivity index (χ1) is 7.45. The number of rotatable bonds is 8. The molecule has 0 spiro atoms. The van der Waals surface area contributed by atoms with Gasteiger partial charge in [0, 0.05) is 13.0 Å². The van der Waals surface area contributed by atoms with E-state index in [1.54, 1.807) is 0 Å². The van der Waals surface area contributed by atoms with E-state index >= 15 is 0 Å². The molecule has 0 radical (unpaired) electrons. The van der Waals surface area contributed by atoms with Crippen LogP contribution < -0.4 is 11.1 Å².